The van der Waals surface area contributed by atoms with Gasteiger partial charge >= 0.3 is 0 Å². The number of aryl methyl sites for hydroxylation is 1. The lowest BCUT2D eigenvalue weighted by Crippen LogP contribution is -2.35. The van der Waals surface area contributed by atoms with Crippen LogP contribution in [0.2, 0.25) is 0 Å². The van der Waals surface area contributed by atoms with Gasteiger partial charge < -0.3 is 16.0 Å². The van der Waals surface area contributed by atoms with Gasteiger partial charge in [-0.15, -0.1) is 12.8 Å². The predicted octanol–water partition coefficient (Wildman–Crippen LogP) is 6.77. The highest BCUT2D eigenvalue weighted by Crippen LogP contribution is 2.35. The molecule has 1 aliphatic heterocycles. The smallest absolute Gasteiger partial charge is 0.0902 e. The number of hydrogen-bond acceptors (Lipinski definition) is 4. The Morgan fingerprint density at radius 2 is 1.69 bits per heavy atom. The van der Waals surface area contributed by atoms with E-state index in [1.807, 2.05) is 59.5 Å². The van der Waals surface area contributed by atoms with Gasteiger partial charge in [0.2, 0.25) is 0 Å². The van der Waals surface area contributed by atoms with E-state index in [9.17, 15) is 0 Å². The second kappa shape index (κ2) is 23.7. The highest BCUT2D eigenvalue weighted by molar-refractivity contribution is 5.77. The average Bonchev–Trinajstić information content (AvgIpc) is 3.41. The third kappa shape index (κ3) is 13.2. The summed E-state index contributed by atoms with van der Waals surface area (Å²) in [6.07, 6.45) is 14.4. The molecule has 36 heavy (non-hydrogen) atoms. The molecule has 6 nitrogen and oxygen atoms in total. The molecule has 0 saturated carbocycles. The minimum atomic E-state index is 0.523. The number of allylic oxidation sites excluding steroid dienone is 1. The van der Waals surface area contributed by atoms with Gasteiger partial charge in [-0.1, -0.05) is 54.2 Å². The lowest BCUT2D eigenvalue weighted by Gasteiger charge is -2.37. The van der Waals surface area contributed by atoms with Crippen molar-refractivity contribution in [3.63, 3.8) is 0 Å². The van der Waals surface area contributed by atoms with Crippen molar-refractivity contribution >= 4 is 11.5 Å². The van der Waals surface area contributed by atoms with Gasteiger partial charge in [0.25, 0.3) is 0 Å². The zero-order valence-corrected chi connectivity index (χ0v) is 25.0. The molecule has 1 aliphatic rings. The highest BCUT2D eigenvalue weighted by atomic mass is 15.3. The minimum absolute atomic E-state index is 0.523. The maximum atomic E-state index is 5.04. The van der Waals surface area contributed by atoms with Crippen LogP contribution in [0.15, 0.2) is 47.9 Å². The Morgan fingerprint density at radius 3 is 2.17 bits per heavy atom. The normalized spacial score (nSPS) is 13.2. The first-order chi connectivity index (χ1) is 17.4. The molecule has 0 unspecified atom stereocenters. The van der Waals surface area contributed by atoms with E-state index in [2.05, 4.69) is 78.0 Å². The Hall–Kier alpha value is -3.04. The monoisotopic (exact) mass is 498 g/mol. The van der Waals surface area contributed by atoms with Gasteiger partial charge in [-0.25, -0.2) is 0 Å². The molecule has 0 aliphatic carbocycles. The molecule has 1 atom stereocenters. The lowest BCUT2D eigenvalue weighted by molar-refractivity contribution is 0.585. The van der Waals surface area contributed by atoms with Crippen LogP contribution < -0.4 is 16.0 Å². The highest BCUT2D eigenvalue weighted by Gasteiger charge is 2.23. The van der Waals surface area contributed by atoms with Crippen molar-refractivity contribution in [3.05, 3.63) is 48.4 Å². The average molecular weight is 499 g/mol. The molecular formula is C30H54N6. The standard InChI is InChI=1S/C19H26N4.C3H8N2.3C2H6.C2H2/c1-14(2)23-15(3)5-6-17-11-16(7-8-19(17)23)18-12-21-22(13-18)10-9-20-4;1-3(4)5-2;4*1-2/h7-8,11-13,15,20H,1,5-6,9-10H2,2-4H3;1-2H3,(H2,4,5);3*1-2H3;1-2H/t15-;;;;;/m0...../s1. The molecular weight excluding hydrogens is 444 g/mol. The Balaban J connectivity index is -0.000000716. The number of anilines is 1. The number of aromatic nitrogens is 2. The van der Waals surface area contributed by atoms with Crippen molar-refractivity contribution in [2.45, 2.75) is 87.7 Å². The van der Waals surface area contributed by atoms with Crippen molar-refractivity contribution < 1.29 is 0 Å². The molecule has 0 saturated heterocycles. The van der Waals surface area contributed by atoms with Crippen molar-refractivity contribution in [1.29, 1.82) is 0 Å². The topological polar surface area (TPSA) is 71.5 Å². The summed E-state index contributed by atoms with van der Waals surface area (Å²) in [4.78, 5) is 5.94. The van der Waals surface area contributed by atoms with Gasteiger partial charge in [-0.05, 0) is 63.9 Å². The van der Waals surface area contributed by atoms with E-state index in [0.29, 0.717) is 11.9 Å². The van der Waals surface area contributed by atoms with Crippen molar-refractivity contribution in [2.24, 2.45) is 10.7 Å². The van der Waals surface area contributed by atoms with Crippen LogP contribution in [0.4, 0.5) is 5.69 Å². The first-order valence-corrected chi connectivity index (χ1v) is 13.1. The van der Waals surface area contributed by atoms with E-state index >= 15 is 0 Å². The zero-order chi connectivity index (χ0) is 28.7. The van der Waals surface area contributed by atoms with E-state index < -0.39 is 0 Å². The first kappa shape index (κ1) is 37.5. The van der Waals surface area contributed by atoms with Gasteiger partial charge in [0.15, 0.2) is 0 Å². The number of aliphatic imine (C=N–C) groups is 1. The largest absolute Gasteiger partial charge is 0.388 e. The maximum Gasteiger partial charge on any atom is 0.0902 e. The molecule has 3 rings (SSSR count). The van der Waals surface area contributed by atoms with Crippen molar-refractivity contribution in [3.8, 4) is 24.0 Å². The summed E-state index contributed by atoms with van der Waals surface area (Å²) in [6.45, 7) is 24.1. The van der Waals surface area contributed by atoms with Gasteiger partial charge in [-0.2, -0.15) is 5.10 Å². The first-order valence-electron chi connectivity index (χ1n) is 13.1. The Kier molecular flexibility index (Phi) is 24.7. The fourth-order valence-corrected chi connectivity index (χ4v) is 3.37. The van der Waals surface area contributed by atoms with Gasteiger partial charge in [0.1, 0.15) is 0 Å². The Morgan fingerprint density at radius 1 is 1.14 bits per heavy atom. The molecule has 3 N–H and O–H groups in total. The Labute approximate surface area is 223 Å². The van der Waals surface area contributed by atoms with Crippen LogP contribution in [0, 0.1) is 12.8 Å². The van der Waals surface area contributed by atoms with Crippen molar-refractivity contribution in [2.75, 3.05) is 25.5 Å². The molecule has 1 aromatic heterocycles. The maximum absolute atomic E-state index is 5.04. The third-order valence-corrected chi connectivity index (χ3v) is 4.93. The molecule has 0 radical (unpaired) electrons. The zero-order valence-electron chi connectivity index (χ0n) is 25.0. The lowest BCUT2D eigenvalue weighted by atomic mass is 9.93. The number of nitrogens with two attached hydrogens (primary N) is 1. The molecule has 0 amide bonds. The quantitative estimate of drug-likeness (QED) is 0.271. The Bertz CT molecular complexity index is 859. The molecule has 6 heteroatoms. The van der Waals surface area contributed by atoms with E-state index in [1.165, 1.54) is 28.8 Å². The fraction of sp³-hybridized carbons (Fsp3) is 0.533. The SMILES string of the molecule is C#C.C=C(C)N1c2ccc(-c3cnn(CCNC)c3)cc2CC[C@@H]1C.CC.CC.CC.CN=C(C)N. The van der Waals surface area contributed by atoms with Crippen LogP contribution in [-0.2, 0) is 13.0 Å². The molecule has 2 aromatic rings. The summed E-state index contributed by atoms with van der Waals surface area (Å²) in [6, 6.07) is 7.28. The molecule has 2 heterocycles. The van der Waals surface area contributed by atoms with Crippen LogP contribution in [0.5, 0.6) is 0 Å². The molecule has 204 valence electrons. The number of nitrogens with one attached hydrogen (secondary N) is 1. The number of terminal acetylenes is 1. The fourth-order valence-electron chi connectivity index (χ4n) is 3.37. The second-order valence-electron chi connectivity index (χ2n) is 7.30. The van der Waals surface area contributed by atoms with Gasteiger partial charge in [0.05, 0.1) is 18.6 Å². The number of nitrogens with zero attached hydrogens (tertiary/aromatic N) is 4. The van der Waals surface area contributed by atoms with E-state index in [4.69, 9.17) is 5.73 Å². The van der Waals surface area contributed by atoms with Crippen LogP contribution in [-0.4, -0.2) is 42.3 Å². The third-order valence-electron chi connectivity index (χ3n) is 4.93. The van der Waals surface area contributed by atoms with Crippen LogP contribution in [0.1, 0.15) is 74.3 Å². The van der Waals surface area contributed by atoms with E-state index in [0.717, 1.165) is 25.2 Å². The van der Waals surface area contributed by atoms with Gasteiger partial charge in [-0.3, -0.25) is 9.67 Å². The van der Waals surface area contributed by atoms with Crippen LogP contribution in [0.25, 0.3) is 11.1 Å². The summed E-state index contributed by atoms with van der Waals surface area (Å²) >= 11 is 0. The molecule has 0 fully saturated rings. The van der Waals surface area contributed by atoms with E-state index in [1.54, 1.807) is 14.0 Å². The summed E-state index contributed by atoms with van der Waals surface area (Å²) in [5, 5.41) is 7.60. The second-order valence-corrected chi connectivity index (χ2v) is 7.30. The number of hydrogen-bond donors (Lipinski definition) is 2. The summed E-state index contributed by atoms with van der Waals surface area (Å²) in [7, 11) is 3.62. The summed E-state index contributed by atoms with van der Waals surface area (Å²) in [5.41, 5.74) is 11.3. The molecule has 0 bridgehead atoms. The number of benzene rings is 1. The van der Waals surface area contributed by atoms with E-state index in [-0.39, 0.29) is 0 Å². The molecule has 0 spiro atoms. The number of fused-ring (bicyclic) bond motifs is 1. The summed E-state index contributed by atoms with van der Waals surface area (Å²) < 4.78 is 1.99. The van der Waals surface area contributed by atoms with Crippen LogP contribution >= 0.6 is 0 Å². The molecule has 1 aromatic carbocycles. The number of amidine groups is 1. The minimum Gasteiger partial charge on any atom is -0.388 e. The number of rotatable bonds is 5. The predicted molar refractivity (Wildman–Crippen MR) is 164 cm³/mol. The van der Waals surface area contributed by atoms with Crippen molar-refractivity contribution in [1.82, 2.24) is 15.1 Å². The number of likely N-dealkylation sites (N-methyl/N-ethyl adjacent to an activating group) is 1. The summed E-state index contributed by atoms with van der Waals surface area (Å²) in [5.74, 6) is 0.630. The van der Waals surface area contributed by atoms with Gasteiger partial charge in [0, 0.05) is 42.8 Å². The van der Waals surface area contributed by atoms with Crippen LogP contribution in [0.3, 0.4) is 0 Å².